The van der Waals surface area contributed by atoms with Gasteiger partial charge in [0.25, 0.3) is 0 Å². The fourth-order valence-electron chi connectivity index (χ4n) is 2.83. The first-order valence-electron chi connectivity index (χ1n) is 8.03. The molecular formula is C19H28O4. The molecule has 0 radical (unpaired) electrons. The van der Waals surface area contributed by atoms with Crippen molar-refractivity contribution in [1.29, 1.82) is 0 Å². The second kappa shape index (κ2) is 7.26. The van der Waals surface area contributed by atoms with Gasteiger partial charge in [0.05, 0.1) is 5.92 Å². The number of aliphatic hydroxyl groups excluding tert-OH is 1. The van der Waals surface area contributed by atoms with Gasteiger partial charge in [0, 0.05) is 12.0 Å². The van der Waals surface area contributed by atoms with Crippen LogP contribution in [-0.4, -0.2) is 27.4 Å². The average molecular weight is 320 g/mol. The van der Waals surface area contributed by atoms with Crippen molar-refractivity contribution in [3.63, 3.8) is 0 Å². The molecule has 1 rings (SSSR count). The van der Waals surface area contributed by atoms with Gasteiger partial charge in [-0.05, 0) is 40.0 Å². The molecule has 2 atom stereocenters. The van der Waals surface area contributed by atoms with Crippen molar-refractivity contribution in [2.24, 2.45) is 11.8 Å². The molecule has 23 heavy (non-hydrogen) atoms. The first-order valence-corrected chi connectivity index (χ1v) is 8.03. The van der Waals surface area contributed by atoms with Gasteiger partial charge in [0.2, 0.25) is 0 Å². The van der Waals surface area contributed by atoms with Gasteiger partial charge in [-0.3, -0.25) is 9.59 Å². The Balaban J connectivity index is 3.34. The van der Waals surface area contributed by atoms with Crippen molar-refractivity contribution in [2.75, 3.05) is 0 Å². The Morgan fingerprint density at radius 1 is 1.17 bits per heavy atom. The largest absolute Gasteiger partial charge is 0.508 e. The summed E-state index contributed by atoms with van der Waals surface area (Å²) < 4.78 is 0. The molecular weight excluding hydrogens is 292 g/mol. The van der Waals surface area contributed by atoms with Crippen LogP contribution in [-0.2, 0) is 9.59 Å². The predicted octanol–water partition coefficient (Wildman–Crippen LogP) is 3.67. The van der Waals surface area contributed by atoms with Crippen LogP contribution in [0.25, 0.3) is 0 Å². The Bertz CT molecular complexity index is 584. The van der Waals surface area contributed by atoms with Gasteiger partial charge >= 0.3 is 0 Å². The third-order valence-electron chi connectivity index (χ3n) is 4.16. The molecule has 0 aromatic heterocycles. The molecule has 0 aliphatic heterocycles. The Morgan fingerprint density at radius 2 is 1.70 bits per heavy atom. The molecule has 0 aromatic rings. The number of hydrogen-bond acceptors (Lipinski definition) is 4. The summed E-state index contributed by atoms with van der Waals surface area (Å²) >= 11 is 0. The van der Waals surface area contributed by atoms with E-state index in [-0.39, 0.29) is 30.1 Å². The normalized spacial score (nSPS) is 24.2. The van der Waals surface area contributed by atoms with E-state index in [1.165, 1.54) is 0 Å². The van der Waals surface area contributed by atoms with Gasteiger partial charge in [-0.25, -0.2) is 0 Å². The maximum atomic E-state index is 12.7. The van der Waals surface area contributed by atoms with E-state index in [4.69, 9.17) is 0 Å². The summed E-state index contributed by atoms with van der Waals surface area (Å²) in [5.74, 6) is -2.53. The first kappa shape index (κ1) is 19.4. The standard InChI is InChI=1S/C19H28O4/c1-11(2)7-9-14-17(21)16(13(5)6)18(22)19(14,23)15(20)10-8-12(3)4/h7-8,13-14,22-23H,9-10H2,1-6H3. The Hall–Kier alpha value is -1.68. The molecule has 0 amide bonds. The topological polar surface area (TPSA) is 74.6 Å². The number of carbonyl (C=O) groups is 2. The Labute approximate surface area is 138 Å². The molecule has 0 aromatic carbocycles. The zero-order chi connectivity index (χ0) is 17.9. The van der Waals surface area contributed by atoms with Crippen LogP contribution in [0.2, 0.25) is 0 Å². The second-order valence-electron chi connectivity index (χ2n) is 7.03. The number of Topliss-reactive ketones (excluding diaryl/α,β-unsaturated/α-hetero) is 2. The fourth-order valence-corrected chi connectivity index (χ4v) is 2.83. The molecule has 0 heterocycles. The van der Waals surface area contributed by atoms with E-state index in [1.807, 2.05) is 33.8 Å². The SMILES string of the molecule is CC(C)=CCC(=O)C1(O)C(O)=C(C(C)C)C(=O)C1CC=C(C)C. The van der Waals surface area contributed by atoms with Gasteiger partial charge < -0.3 is 10.2 Å². The van der Waals surface area contributed by atoms with Crippen LogP contribution in [0.3, 0.4) is 0 Å². The highest BCUT2D eigenvalue weighted by Crippen LogP contribution is 2.43. The van der Waals surface area contributed by atoms with E-state index in [0.29, 0.717) is 0 Å². The van der Waals surface area contributed by atoms with Crippen molar-refractivity contribution >= 4 is 11.6 Å². The number of carbonyl (C=O) groups excluding carboxylic acids is 2. The maximum Gasteiger partial charge on any atom is 0.190 e. The van der Waals surface area contributed by atoms with Crippen LogP contribution < -0.4 is 0 Å². The number of rotatable bonds is 6. The molecule has 2 N–H and O–H groups in total. The Morgan fingerprint density at radius 3 is 2.13 bits per heavy atom. The van der Waals surface area contributed by atoms with Crippen LogP contribution >= 0.6 is 0 Å². The molecule has 4 heteroatoms. The molecule has 0 spiro atoms. The molecule has 1 aliphatic carbocycles. The van der Waals surface area contributed by atoms with Crippen molar-refractivity contribution in [1.82, 2.24) is 0 Å². The fraction of sp³-hybridized carbons (Fsp3) is 0.579. The zero-order valence-corrected chi connectivity index (χ0v) is 14.9. The lowest BCUT2D eigenvalue weighted by atomic mass is 9.81. The number of aliphatic hydroxyl groups is 2. The quantitative estimate of drug-likeness (QED) is 0.732. The summed E-state index contributed by atoms with van der Waals surface area (Å²) in [6.45, 7) is 11.0. The number of hydrogen-bond donors (Lipinski definition) is 2. The third-order valence-corrected chi connectivity index (χ3v) is 4.16. The van der Waals surface area contributed by atoms with Crippen molar-refractivity contribution < 1.29 is 19.8 Å². The highest BCUT2D eigenvalue weighted by Gasteiger charge is 2.57. The summed E-state index contributed by atoms with van der Waals surface area (Å²) in [5.41, 5.74) is -0.00605. The van der Waals surface area contributed by atoms with Gasteiger partial charge in [0.15, 0.2) is 17.2 Å². The van der Waals surface area contributed by atoms with E-state index < -0.39 is 23.1 Å². The van der Waals surface area contributed by atoms with E-state index in [0.717, 1.165) is 11.1 Å². The van der Waals surface area contributed by atoms with Gasteiger partial charge in [-0.15, -0.1) is 0 Å². The number of ketones is 2. The summed E-state index contributed by atoms with van der Waals surface area (Å²) in [6.07, 6.45) is 3.74. The Kier molecular flexibility index (Phi) is 6.11. The average Bonchev–Trinajstić information content (AvgIpc) is 2.62. The molecule has 0 bridgehead atoms. The van der Waals surface area contributed by atoms with Crippen molar-refractivity contribution in [3.05, 3.63) is 34.6 Å². The lowest BCUT2D eigenvalue weighted by Gasteiger charge is -2.27. The summed E-state index contributed by atoms with van der Waals surface area (Å²) in [7, 11) is 0. The molecule has 0 fully saturated rings. The summed E-state index contributed by atoms with van der Waals surface area (Å²) in [5, 5.41) is 21.4. The number of allylic oxidation sites excluding steroid dienone is 5. The minimum Gasteiger partial charge on any atom is -0.508 e. The van der Waals surface area contributed by atoms with Crippen molar-refractivity contribution in [2.45, 2.75) is 60.0 Å². The molecule has 0 saturated carbocycles. The van der Waals surface area contributed by atoms with E-state index >= 15 is 0 Å². The monoisotopic (exact) mass is 320 g/mol. The van der Waals surface area contributed by atoms with Gasteiger partial charge in [-0.1, -0.05) is 37.1 Å². The van der Waals surface area contributed by atoms with Crippen molar-refractivity contribution in [3.8, 4) is 0 Å². The van der Waals surface area contributed by atoms with Gasteiger partial charge in [0.1, 0.15) is 5.76 Å². The second-order valence-corrected chi connectivity index (χ2v) is 7.03. The molecule has 0 saturated heterocycles. The smallest absolute Gasteiger partial charge is 0.190 e. The van der Waals surface area contributed by atoms with E-state index in [1.54, 1.807) is 19.9 Å². The highest BCUT2D eigenvalue weighted by molar-refractivity contribution is 6.09. The van der Waals surface area contributed by atoms with Crippen LogP contribution in [0.15, 0.2) is 34.6 Å². The maximum absolute atomic E-state index is 12.7. The lowest BCUT2D eigenvalue weighted by Crippen LogP contribution is -2.46. The predicted molar refractivity (Wildman–Crippen MR) is 91.0 cm³/mol. The van der Waals surface area contributed by atoms with Crippen LogP contribution in [0, 0.1) is 11.8 Å². The van der Waals surface area contributed by atoms with Crippen LogP contribution in [0.1, 0.15) is 54.4 Å². The summed E-state index contributed by atoms with van der Waals surface area (Å²) in [4.78, 5) is 25.2. The molecule has 4 nitrogen and oxygen atoms in total. The molecule has 128 valence electrons. The first-order chi connectivity index (χ1) is 10.5. The minimum absolute atomic E-state index is 0.00707. The zero-order valence-electron chi connectivity index (χ0n) is 14.9. The van der Waals surface area contributed by atoms with E-state index in [9.17, 15) is 19.8 Å². The van der Waals surface area contributed by atoms with Crippen LogP contribution in [0.4, 0.5) is 0 Å². The molecule has 1 aliphatic rings. The van der Waals surface area contributed by atoms with Gasteiger partial charge in [-0.2, -0.15) is 0 Å². The molecule has 2 unspecified atom stereocenters. The third kappa shape index (κ3) is 3.81. The minimum atomic E-state index is -2.12. The van der Waals surface area contributed by atoms with Crippen LogP contribution in [0.5, 0.6) is 0 Å². The van der Waals surface area contributed by atoms with E-state index in [2.05, 4.69) is 0 Å². The highest BCUT2D eigenvalue weighted by atomic mass is 16.3. The summed E-state index contributed by atoms with van der Waals surface area (Å²) in [6, 6.07) is 0. The lowest BCUT2D eigenvalue weighted by molar-refractivity contribution is -0.144.